The van der Waals surface area contributed by atoms with Crippen LogP contribution in [0.4, 0.5) is 13.2 Å². The molecule has 3 aromatic carbocycles. The van der Waals surface area contributed by atoms with Gasteiger partial charge in [0.1, 0.15) is 24.4 Å². The van der Waals surface area contributed by atoms with Crippen molar-refractivity contribution >= 4 is 11.6 Å². The van der Waals surface area contributed by atoms with Crippen molar-refractivity contribution in [3.63, 3.8) is 0 Å². The summed E-state index contributed by atoms with van der Waals surface area (Å²) >= 11 is 5.89. The molecule has 0 atom stereocenters. The van der Waals surface area contributed by atoms with Crippen molar-refractivity contribution in [3.05, 3.63) is 83.3 Å². The largest absolute Gasteiger partial charge is 0.507 e. The minimum Gasteiger partial charge on any atom is -0.507 e. The molecule has 4 rings (SSSR count). The van der Waals surface area contributed by atoms with Crippen LogP contribution in [-0.2, 0) is 12.8 Å². The molecule has 186 valence electrons. The molecule has 1 N–H and O–H groups in total. The fraction of sp³-hybridized carbons (Fsp3) is 0.154. The second-order valence-electron chi connectivity index (χ2n) is 7.61. The number of hydrogen-bond acceptors (Lipinski definition) is 6. The monoisotopic (exact) mass is 516 g/mol. The first-order valence-electron chi connectivity index (χ1n) is 10.6. The number of alkyl halides is 3. The predicted octanol–water partition coefficient (Wildman–Crippen LogP) is 6.78. The zero-order valence-electron chi connectivity index (χ0n) is 19.1. The average Bonchev–Trinajstić information content (AvgIpc) is 2.87. The van der Waals surface area contributed by atoms with Crippen LogP contribution in [0.5, 0.6) is 23.0 Å². The third-order valence-corrected chi connectivity index (χ3v) is 5.58. The van der Waals surface area contributed by atoms with E-state index >= 15 is 0 Å². The molecule has 36 heavy (non-hydrogen) atoms. The van der Waals surface area contributed by atoms with Crippen molar-refractivity contribution in [1.82, 2.24) is 9.97 Å². The van der Waals surface area contributed by atoms with Gasteiger partial charge in [0, 0.05) is 22.2 Å². The molecule has 0 aliphatic rings. The summed E-state index contributed by atoms with van der Waals surface area (Å²) in [6.07, 6.45) is -3.97. The summed E-state index contributed by atoms with van der Waals surface area (Å²) in [5.74, 6) is 0.590. The summed E-state index contributed by atoms with van der Waals surface area (Å²) in [6, 6.07) is 15.7. The van der Waals surface area contributed by atoms with Gasteiger partial charge in [-0.3, -0.25) is 0 Å². The van der Waals surface area contributed by atoms with Crippen molar-refractivity contribution in [2.45, 2.75) is 12.8 Å². The molecule has 1 aromatic heterocycles. The predicted molar refractivity (Wildman–Crippen MR) is 128 cm³/mol. The summed E-state index contributed by atoms with van der Waals surface area (Å²) in [5.41, 5.74) is -0.501. The second kappa shape index (κ2) is 10.3. The molecule has 6 nitrogen and oxygen atoms in total. The van der Waals surface area contributed by atoms with E-state index in [1.807, 2.05) is 0 Å². The molecule has 0 bridgehead atoms. The summed E-state index contributed by atoms with van der Waals surface area (Å²) < 4.78 is 58.1. The van der Waals surface area contributed by atoms with Gasteiger partial charge in [-0.15, -0.1) is 0 Å². The maximum atomic E-state index is 14.0. The molecule has 0 amide bonds. The molecule has 0 radical (unpaired) electrons. The van der Waals surface area contributed by atoms with Crippen LogP contribution in [-0.4, -0.2) is 29.3 Å². The highest BCUT2D eigenvalue weighted by molar-refractivity contribution is 6.30. The average molecular weight is 517 g/mol. The number of aromatic hydroxyl groups is 1. The summed E-state index contributed by atoms with van der Waals surface area (Å²) in [6.45, 7) is 0.207. The zero-order valence-corrected chi connectivity index (χ0v) is 19.9. The van der Waals surface area contributed by atoms with Crippen LogP contribution in [0.15, 0.2) is 67.0 Å². The lowest BCUT2D eigenvalue weighted by Gasteiger charge is -2.18. The highest BCUT2D eigenvalue weighted by Gasteiger charge is 2.38. The first kappa shape index (κ1) is 25.1. The summed E-state index contributed by atoms with van der Waals surface area (Å²) in [5, 5.41) is 11.3. The lowest BCUT2D eigenvalue weighted by Crippen LogP contribution is -2.12. The zero-order chi connectivity index (χ0) is 25.9. The molecule has 0 aliphatic carbocycles. The number of methoxy groups -OCH3 is 2. The van der Waals surface area contributed by atoms with Gasteiger partial charge in [0.15, 0.2) is 17.2 Å². The third kappa shape index (κ3) is 5.31. The number of phenols is 1. The molecule has 0 spiro atoms. The molecule has 4 aromatic rings. The second-order valence-corrected chi connectivity index (χ2v) is 8.04. The number of halogens is 4. The molecule has 1 heterocycles. The van der Waals surface area contributed by atoms with Crippen LogP contribution in [0.3, 0.4) is 0 Å². The van der Waals surface area contributed by atoms with Crippen LogP contribution in [0.25, 0.3) is 22.4 Å². The Morgan fingerprint density at radius 3 is 2.25 bits per heavy atom. The van der Waals surface area contributed by atoms with Gasteiger partial charge in [0.2, 0.25) is 0 Å². The first-order valence-corrected chi connectivity index (χ1v) is 10.9. The van der Waals surface area contributed by atoms with E-state index in [9.17, 15) is 18.3 Å². The quantitative estimate of drug-likeness (QED) is 0.292. The maximum absolute atomic E-state index is 14.0. The number of benzene rings is 3. The van der Waals surface area contributed by atoms with Gasteiger partial charge in [-0.1, -0.05) is 29.8 Å². The number of phenolic OH excluding ortho intramolecular Hbond substituents is 1. The van der Waals surface area contributed by atoms with E-state index < -0.39 is 11.9 Å². The van der Waals surface area contributed by atoms with Crippen molar-refractivity contribution < 1.29 is 32.5 Å². The Kier molecular flexibility index (Phi) is 7.21. The smallest absolute Gasteiger partial charge is 0.434 e. The highest BCUT2D eigenvalue weighted by atomic mass is 35.5. The number of nitrogens with zero attached hydrogens (tertiary/aromatic N) is 2. The number of aromatic nitrogens is 2. The lowest BCUT2D eigenvalue weighted by atomic mass is 9.96. The highest BCUT2D eigenvalue weighted by Crippen LogP contribution is 2.44. The van der Waals surface area contributed by atoms with E-state index in [1.54, 1.807) is 30.3 Å². The fourth-order valence-electron chi connectivity index (χ4n) is 3.62. The summed E-state index contributed by atoms with van der Waals surface area (Å²) in [7, 11) is 2.80. The molecule has 0 aliphatic heterocycles. The van der Waals surface area contributed by atoms with Crippen LogP contribution in [0, 0.1) is 0 Å². The van der Waals surface area contributed by atoms with Crippen LogP contribution >= 0.6 is 11.6 Å². The van der Waals surface area contributed by atoms with Gasteiger partial charge in [-0.2, -0.15) is 13.2 Å². The maximum Gasteiger partial charge on any atom is 0.434 e. The Balaban J connectivity index is 1.76. The molecule has 0 saturated heterocycles. The van der Waals surface area contributed by atoms with E-state index in [0.717, 1.165) is 11.9 Å². The standard InChI is InChI=1S/C26H20ClF3N2O4/c1-34-21-10-5-16(11-22(21)35-2)23-24(31-14-32-25(23)26(28,29)30)19-9-8-18(12-20(19)33)36-13-15-3-6-17(27)7-4-15/h3-12,14,33H,13H2,1-2H3. The van der Waals surface area contributed by atoms with Crippen molar-refractivity contribution in [2.75, 3.05) is 14.2 Å². The molecular formula is C26H20ClF3N2O4. The van der Waals surface area contributed by atoms with Gasteiger partial charge >= 0.3 is 6.18 Å². The Morgan fingerprint density at radius 2 is 1.61 bits per heavy atom. The third-order valence-electron chi connectivity index (χ3n) is 5.33. The van der Waals surface area contributed by atoms with Gasteiger partial charge in [0.25, 0.3) is 0 Å². The lowest BCUT2D eigenvalue weighted by molar-refractivity contribution is -0.140. The topological polar surface area (TPSA) is 73.7 Å². The minimum atomic E-state index is -4.78. The summed E-state index contributed by atoms with van der Waals surface area (Å²) in [4.78, 5) is 7.60. The Labute approximate surface area is 209 Å². The van der Waals surface area contributed by atoms with Crippen molar-refractivity contribution in [3.8, 4) is 45.4 Å². The van der Waals surface area contributed by atoms with Crippen LogP contribution in [0.2, 0.25) is 5.02 Å². The van der Waals surface area contributed by atoms with Crippen molar-refractivity contribution in [2.24, 2.45) is 0 Å². The number of hydrogen-bond donors (Lipinski definition) is 1. The van der Waals surface area contributed by atoms with E-state index in [4.69, 9.17) is 25.8 Å². The normalized spacial score (nSPS) is 11.3. The molecule has 10 heteroatoms. The number of rotatable bonds is 7. The minimum absolute atomic E-state index is 0.0755. The molecule has 0 fully saturated rings. The Hall–Kier alpha value is -3.98. The number of ether oxygens (including phenoxy) is 3. The van der Waals surface area contributed by atoms with Gasteiger partial charge in [-0.25, -0.2) is 9.97 Å². The Bertz CT molecular complexity index is 1380. The van der Waals surface area contributed by atoms with Gasteiger partial charge < -0.3 is 19.3 Å². The van der Waals surface area contributed by atoms with Gasteiger partial charge in [0.05, 0.1) is 19.9 Å². The Morgan fingerprint density at radius 1 is 0.889 bits per heavy atom. The van der Waals surface area contributed by atoms with E-state index in [-0.39, 0.29) is 40.5 Å². The van der Waals surface area contributed by atoms with E-state index in [0.29, 0.717) is 16.5 Å². The molecular weight excluding hydrogens is 497 g/mol. The first-order chi connectivity index (χ1) is 17.2. The van der Waals surface area contributed by atoms with Crippen LogP contribution in [0.1, 0.15) is 11.3 Å². The molecule has 0 unspecified atom stereocenters. The SMILES string of the molecule is COc1ccc(-c2c(-c3ccc(OCc4ccc(Cl)cc4)cc3O)ncnc2C(F)(F)F)cc1OC. The van der Waals surface area contributed by atoms with Crippen molar-refractivity contribution in [1.29, 1.82) is 0 Å². The van der Waals surface area contributed by atoms with Gasteiger partial charge in [-0.05, 0) is 47.5 Å². The van der Waals surface area contributed by atoms with E-state index in [2.05, 4.69) is 9.97 Å². The molecule has 0 saturated carbocycles. The fourth-order valence-corrected chi connectivity index (χ4v) is 3.74. The van der Waals surface area contributed by atoms with E-state index in [1.165, 1.54) is 44.6 Å². The van der Waals surface area contributed by atoms with Crippen LogP contribution < -0.4 is 14.2 Å².